The van der Waals surface area contributed by atoms with Gasteiger partial charge in [-0.1, -0.05) is 36.3 Å². The van der Waals surface area contributed by atoms with Gasteiger partial charge in [0.05, 0.1) is 0 Å². The maximum absolute atomic E-state index is 5.93. The molecule has 2 heteroatoms. The Morgan fingerprint density at radius 2 is 1.94 bits per heavy atom. The van der Waals surface area contributed by atoms with Crippen molar-refractivity contribution in [3.05, 3.63) is 48.5 Å². The molecule has 0 radical (unpaired) electrons. The molecule has 2 N–H and O–H groups in total. The van der Waals surface area contributed by atoms with Crippen molar-refractivity contribution in [2.24, 2.45) is 0 Å². The molecule has 0 aliphatic rings. The Morgan fingerprint density at radius 3 is 2.71 bits per heavy atom. The Morgan fingerprint density at radius 1 is 1.12 bits per heavy atom. The summed E-state index contributed by atoms with van der Waals surface area (Å²) in [7, 11) is 0. The van der Waals surface area contributed by atoms with E-state index in [4.69, 9.17) is 16.9 Å². The molecule has 0 aromatic heterocycles. The first-order chi connectivity index (χ1) is 8.31. The maximum Gasteiger partial charge on any atom is 0.148 e. The molecule has 2 aromatic rings. The van der Waals surface area contributed by atoms with Crippen LogP contribution in [0.5, 0.6) is 5.75 Å². The van der Waals surface area contributed by atoms with Gasteiger partial charge in [-0.25, -0.2) is 0 Å². The third-order valence-electron chi connectivity index (χ3n) is 2.43. The SMILES string of the molecule is C#CCOc1cccc(-c2ccccc2N)c1. The van der Waals surface area contributed by atoms with Crippen LogP contribution in [0.2, 0.25) is 0 Å². The van der Waals surface area contributed by atoms with Crippen LogP contribution in [0.3, 0.4) is 0 Å². The molecule has 0 unspecified atom stereocenters. The van der Waals surface area contributed by atoms with Crippen LogP contribution in [0.15, 0.2) is 48.5 Å². The highest BCUT2D eigenvalue weighted by Gasteiger charge is 2.02. The van der Waals surface area contributed by atoms with Crippen LogP contribution in [0, 0.1) is 12.3 Å². The second kappa shape index (κ2) is 5.09. The van der Waals surface area contributed by atoms with Gasteiger partial charge in [0.1, 0.15) is 12.4 Å². The van der Waals surface area contributed by atoms with E-state index in [2.05, 4.69) is 5.92 Å². The molecule has 0 aliphatic carbocycles. The van der Waals surface area contributed by atoms with E-state index in [1.165, 1.54) is 0 Å². The lowest BCUT2D eigenvalue weighted by Crippen LogP contribution is -1.94. The summed E-state index contributed by atoms with van der Waals surface area (Å²) in [6.45, 7) is 0.272. The molecule has 2 rings (SSSR count). The molecule has 17 heavy (non-hydrogen) atoms. The van der Waals surface area contributed by atoms with Gasteiger partial charge in [-0.15, -0.1) is 6.42 Å². The number of para-hydroxylation sites is 1. The minimum absolute atomic E-state index is 0.272. The van der Waals surface area contributed by atoms with Crippen LogP contribution in [-0.2, 0) is 0 Å². The first-order valence-corrected chi connectivity index (χ1v) is 5.32. The van der Waals surface area contributed by atoms with E-state index in [1.54, 1.807) is 0 Å². The van der Waals surface area contributed by atoms with E-state index in [1.807, 2.05) is 48.5 Å². The Kier molecular flexibility index (Phi) is 3.32. The number of hydrogen-bond donors (Lipinski definition) is 1. The average molecular weight is 223 g/mol. The Labute approximate surface area is 101 Å². The third kappa shape index (κ3) is 2.59. The number of benzene rings is 2. The van der Waals surface area contributed by atoms with Crippen molar-refractivity contribution in [3.8, 4) is 29.2 Å². The van der Waals surface area contributed by atoms with Gasteiger partial charge in [-0.2, -0.15) is 0 Å². The minimum atomic E-state index is 0.272. The first kappa shape index (κ1) is 11.1. The molecule has 0 aliphatic heterocycles. The third-order valence-corrected chi connectivity index (χ3v) is 2.43. The van der Waals surface area contributed by atoms with Gasteiger partial charge in [-0.3, -0.25) is 0 Å². The van der Waals surface area contributed by atoms with Crippen LogP contribution in [-0.4, -0.2) is 6.61 Å². The normalized spacial score (nSPS) is 9.59. The molecular formula is C15H13NO. The predicted molar refractivity (Wildman–Crippen MR) is 70.6 cm³/mol. The van der Waals surface area contributed by atoms with Gasteiger partial charge in [0.25, 0.3) is 0 Å². The monoisotopic (exact) mass is 223 g/mol. The number of hydrogen-bond acceptors (Lipinski definition) is 2. The van der Waals surface area contributed by atoms with Gasteiger partial charge in [0.2, 0.25) is 0 Å². The number of ether oxygens (including phenoxy) is 1. The van der Waals surface area contributed by atoms with Crippen LogP contribution in [0.25, 0.3) is 11.1 Å². The summed E-state index contributed by atoms with van der Waals surface area (Å²) in [6.07, 6.45) is 5.15. The van der Waals surface area contributed by atoms with Gasteiger partial charge in [0, 0.05) is 11.3 Å². The van der Waals surface area contributed by atoms with E-state index in [-0.39, 0.29) is 6.61 Å². The fourth-order valence-corrected chi connectivity index (χ4v) is 1.64. The van der Waals surface area contributed by atoms with E-state index in [0.717, 1.165) is 22.6 Å². The first-order valence-electron chi connectivity index (χ1n) is 5.32. The molecule has 0 saturated carbocycles. The van der Waals surface area contributed by atoms with Crippen molar-refractivity contribution < 1.29 is 4.74 Å². The van der Waals surface area contributed by atoms with Crippen LogP contribution >= 0.6 is 0 Å². The smallest absolute Gasteiger partial charge is 0.148 e. The van der Waals surface area contributed by atoms with Crippen molar-refractivity contribution in [2.45, 2.75) is 0 Å². The zero-order valence-corrected chi connectivity index (χ0v) is 9.39. The van der Waals surface area contributed by atoms with Crippen molar-refractivity contribution in [1.29, 1.82) is 0 Å². The highest BCUT2D eigenvalue weighted by molar-refractivity contribution is 5.76. The molecule has 0 spiro atoms. The van der Waals surface area contributed by atoms with Crippen molar-refractivity contribution in [1.82, 2.24) is 0 Å². The van der Waals surface area contributed by atoms with Gasteiger partial charge < -0.3 is 10.5 Å². The lowest BCUT2D eigenvalue weighted by molar-refractivity contribution is 0.370. The van der Waals surface area contributed by atoms with Gasteiger partial charge >= 0.3 is 0 Å². The molecule has 0 amide bonds. The average Bonchev–Trinajstić information content (AvgIpc) is 2.37. The predicted octanol–water partition coefficient (Wildman–Crippen LogP) is 2.95. The van der Waals surface area contributed by atoms with E-state index < -0.39 is 0 Å². The number of nitrogen functional groups attached to an aromatic ring is 1. The molecule has 2 nitrogen and oxygen atoms in total. The van der Waals surface area contributed by atoms with E-state index >= 15 is 0 Å². The lowest BCUT2D eigenvalue weighted by Gasteiger charge is -2.08. The Bertz CT molecular complexity index is 555. The summed E-state index contributed by atoms with van der Waals surface area (Å²) in [5.74, 6) is 3.19. The summed E-state index contributed by atoms with van der Waals surface area (Å²) in [5, 5.41) is 0. The minimum Gasteiger partial charge on any atom is -0.481 e. The van der Waals surface area contributed by atoms with Crippen molar-refractivity contribution in [3.63, 3.8) is 0 Å². The van der Waals surface area contributed by atoms with Crippen LogP contribution < -0.4 is 10.5 Å². The zero-order chi connectivity index (χ0) is 12.1. The summed E-state index contributed by atoms with van der Waals surface area (Å²) in [6, 6.07) is 15.5. The van der Waals surface area contributed by atoms with Gasteiger partial charge in [-0.05, 0) is 23.8 Å². The Hall–Kier alpha value is -2.40. The number of rotatable bonds is 3. The molecule has 0 bridgehead atoms. The fraction of sp³-hybridized carbons (Fsp3) is 0.0667. The molecular weight excluding hydrogens is 210 g/mol. The number of terminal acetylenes is 1. The number of anilines is 1. The van der Waals surface area contributed by atoms with Crippen LogP contribution in [0.4, 0.5) is 5.69 Å². The van der Waals surface area contributed by atoms with Crippen molar-refractivity contribution >= 4 is 5.69 Å². The Balaban J connectivity index is 2.34. The topological polar surface area (TPSA) is 35.2 Å². The highest BCUT2D eigenvalue weighted by atomic mass is 16.5. The highest BCUT2D eigenvalue weighted by Crippen LogP contribution is 2.28. The molecule has 0 fully saturated rings. The summed E-state index contributed by atoms with van der Waals surface area (Å²) in [5.41, 5.74) is 8.71. The largest absolute Gasteiger partial charge is 0.481 e. The second-order valence-electron chi connectivity index (χ2n) is 3.61. The van der Waals surface area contributed by atoms with Crippen LogP contribution in [0.1, 0.15) is 0 Å². The second-order valence-corrected chi connectivity index (χ2v) is 3.61. The quantitative estimate of drug-likeness (QED) is 0.641. The molecule has 0 saturated heterocycles. The molecule has 2 aromatic carbocycles. The van der Waals surface area contributed by atoms with E-state index in [9.17, 15) is 0 Å². The number of nitrogens with two attached hydrogens (primary N) is 1. The van der Waals surface area contributed by atoms with Gasteiger partial charge in [0.15, 0.2) is 0 Å². The summed E-state index contributed by atoms with van der Waals surface area (Å²) in [4.78, 5) is 0. The molecule has 0 heterocycles. The fourth-order valence-electron chi connectivity index (χ4n) is 1.64. The molecule has 0 atom stereocenters. The summed E-state index contributed by atoms with van der Waals surface area (Å²) >= 11 is 0. The standard InChI is InChI=1S/C15H13NO/c1-2-10-17-13-7-5-6-12(11-13)14-8-3-4-9-15(14)16/h1,3-9,11H,10,16H2. The van der Waals surface area contributed by atoms with E-state index in [0.29, 0.717) is 0 Å². The summed E-state index contributed by atoms with van der Waals surface area (Å²) < 4.78 is 5.38. The lowest BCUT2D eigenvalue weighted by atomic mass is 10.0. The van der Waals surface area contributed by atoms with Crippen molar-refractivity contribution in [2.75, 3.05) is 12.3 Å². The molecule has 84 valence electrons. The maximum atomic E-state index is 5.93. The zero-order valence-electron chi connectivity index (χ0n) is 9.39.